The second-order valence-electron chi connectivity index (χ2n) is 3.64. The minimum atomic E-state index is -0.209. The fourth-order valence-corrected chi connectivity index (χ4v) is 1.89. The van der Waals surface area contributed by atoms with Crippen molar-refractivity contribution in [2.24, 2.45) is 0 Å². The van der Waals surface area contributed by atoms with Crippen LogP contribution in [0, 0.1) is 11.3 Å². The van der Waals surface area contributed by atoms with Crippen LogP contribution in [0.1, 0.15) is 21.7 Å². The van der Waals surface area contributed by atoms with Crippen LogP contribution in [0.5, 0.6) is 0 Å². The summed E-state index contributed by atoms with van der Waals surface area (Å²) in [6.45, 7) is 0. The molecule has 5 nitrogen and oxygen atoms in total. The van der Waals surface area contributed by atoms with Gasteiger partial charge in [0.2, 0.25) is 5.78 Å². The van der Waals surface area contributed by atoms with E-state index in [2.05, 4.69) is 9.97 Å². The molecule has 0 radical (unpaired) electrons. The van der Waals surface area contributed by atoms with E-state index in [-0.39, 0.29) is 23.0 Å². The Morgan fingerprint density at radius 3 is 2.53 bits per heavy atom. The van der Waals surface area contributed by atoms with Crippen LogP contribution in [-0.2, 0) is 0 Å². The molecule has 0 fully saturated rings. The number of nitrogens with zero attached hydrogens (tertiary/aromatic N) is 3. The zero-order valence-electron chi connectivity index (χ0n) is 8.64. The minimum Gasteiger partial charge on any atom is -0.381 e. The van der Waals surface area contributed by atoms with E-state index in [4.69, 9.17) is 11.0 Å². The number of nitrogen functional groups attached to an aromatic ring is 1. The molecule has 1 aromatic heterocycles. The summed E-state index contributed by atoms with van der Waals surface area (Å²) in [7, 11) is 0. The third-order valence-electron chi connectivity index (χ3n) is 2.67. The number of anilines is 1. The van der Waals surface area contributed by atoms with Gasteiger partial charge in [-0.2, -0.15) is 5.26 Å². The zero-order valence-corrected chi connectivity index (χ0v) is 8.64. The zero-order chi connectivity index (χ0) is 12.0. The van der Waals surface area contributed by atoms with Gasteiger partial charge >= 0.3 is 0 Å². The molecule has 0 saturated heterocycles. The van der Waals surface area contributed by atoms with E-state index < -0.39 is 0 Å². The average Bonchev–Trinajstić information content (AvgIpc) is 2.63. The average molecular weight is 222 g/mol. The Morgan fingerprint density at radius 1 is 1.12 bits per heavy atom. The number of rotatable bonds is 0. The van der Waals surface area contributed by atoms with E-state index in [9.17, 15) is 4.79 Å². The molecule has 0 unspecified atom stereocenters. The summed E-state index contributed by atoms with van der Waals surface area (Å²) >= 11 is 0. The van der Waals surface area contributed by atoms with Crippen molar-refractivity contribution in [3.63, 3.8) is 0 Å². The number of hydrogen-bond acceptors (Lipinski definition) is 5. The summed E-state index contributed by atoms with van der Waals surface area (Å²) in [6, 6.07) is 8.92. The van der Waals surface area contributed by atoms with Gasteiger partial charge in [-0.3, -0.25) is 4.79 Å². The first-order chi connectivity index (χ1) is 8.22. The SMILES string of the molecule is N#Cc1nc2c(nc1N)-c1ccccc1C2=O. The van der Waals surface area contributed by atoms with Gasteiger partial charge < -0.3 is 5.73 Å². The lowest BCUT2D eigenvalue weighted by Gasteiger charge is -2.00. The van der Waals surface area contributed by atoms with Gasteiger partial charge in [0.05, 0.1) is 0 Å². The molecule has 1 aliphatic rings. The van der Waals surface area contributed by atoms with Crippen LogP contribution in [0.15, 0.2) is 24.3 Å². The molecule has 0 amide bonds. The van der Waals surface area contributed by atoms with Gasteiger partial charge in [-0.1, -0.05) is 24.3 Å². The Hall–Kier alpha value is -2.74. The van der Waals surface area contributed by atoms with Gasteiger partial charge in [0.25, 0.3) is 0 Å². The number of benzene rings is 1. The highest BCUT2D eigenvalue weighted by atomic mass is 16.1. The van der Waals surface area contributed by atoms with Gasteiger partial charge in [0, 0.05) is 11.1 Å². The largest absolute Gasteiger partial charge is 0.381 e. The number of hydrogen-bond donors (Lipinski definition) is 1. The maximum Gasteiger partial charge on any atom is 0.214 e. The van der Waals surface area contributed by atoms with E-state index in [1.54, 1.807) is 18.2 Å². The smallest absolute Gasteiger partial charge is 0.214 e. The Labute approximate surface area is 96.5 Å². The van der Waals surface area contributed by atoms with Crippen molar-refractivity contribution in [2.75, 3.05) is 5.73 Å². The van der Waals surface area contributed by atoms with Crippen LogP contribution in [0.25, 0.3) is 11.3 Å². The molecule has 1 aliphatic carbocycles. The highest BCUT2D eigenvalue weighted by Crippen LogP contribution is 2.34. The Balaban J connectivity index is 2.37. The molecule has 80 valence electrons. The van der Waals surface area contributed by atoms with Crippen LogP contribution >= 0.6 is 0 Å². The monoisotopic (exact) mass is 222 g/mol. The molecular weight excluding hydrogens is 216 g/mol. The molecule has 0 saturated carbocycles. The molecule has 1 heterocycles. The molecule has 2 aromatic rings. The van der Waals surface area contributed by atoms with Gasteiger partial charge in [-0.15, -0.1) is 0 Å². The van der Waals surface area contributed by atoms with Crippen LogP contribution < -0.4 is 5.73 Å². The topological polar surface area (TPSA) is 92.7 Å². The summed E-state index contributed by atoms with van der Waals surface area (Å²) in [5.74, 6) is -0.157. The summed E-state index contributed by atoms with van der Waals surface area (Å²) in [5, 5.41) is 8.81. The minimum absolute atomic E-state index is 0.00935. The molecule has 0 spiro atoms. The maximum atomic E-state index is 12.0. The van der Waals surface area contributed by atoms with Crippen molar-refractivity contribution in [3.8, 4) is 17.3 Å². The molecule has 2 N–H and O–H groups in total. The van der Waals surface area contributed by atoms with Crippen LogP contribution in [0.3, 0.4) is 0 Å². The van der Waals surface area contributed by atoms with E-state index in [1.807, 2.05) is 12.1 Å². The molecule has 0 atom stereocenters. The number of carbonyl (C=O) groups excluding carboxylic acids is 1. The van der Waals surface area contributed by atoms with Crippen LogP contribution in [0.4, 0.5) is 5.82 Å². The maximum absolute atomic E-state index is 12.0. The van der Waals surface area contributed by atoms with Crippen molar-refractivity contribution < 1.29 is 4.79 Å². The number of aromatic nitrogens is 2. The quantitative estimate of drug-likeness (QED) is 0.615. The van der Waals surface area contributed by atoms with Crippen molar-refractivity contribution in [1.82, 2.24) is 9.97 Å². The first-order valence-corrected chi connectivity index (χ1v) is 4.94. The number of ketones is 1. The Kier molecular flexibility index (Phi) is 1.74. The lowest BCUT2D eigenvalue weighted by atomic mass is 10.1. The number of nitriles is 1. The van der Waals surface area contributed by atoms with E-state index in [0.29, 0.717) is 11.3 Å². The molecule has 1 aromatic carbocycles. The van der Waals surface area contributed by atoms with Gasteiger partial charge in [-0.05, 0) is 0 Å². The van der Waals surface area contributed by atoms with Crippen molar-refractivity contribution >= 4 is 11.6 Å². The van der Waals surface area contributed by atoms with Crippen LogP contribution in [-0.4, -0.2) is 15.8 Å². The number of nitrogens with two attached hydrogens (primary N) is 1. The van der Waals surface area contributed by atoms with Crippen molar-refractivity contribution in [1.29, 1.82) is 5.26 Å². The van der Waals surface area contributed by atoms with Crippen molar-refractivity contribution in [2.45, 2.75) is 0 Å². The standard InChI is InChI=1S/C12H6N4O/c13-5-8-12(14)16-9-6-3-1-2-4-7(6)11(17)10(9)15-8/h1-4H,(H2,14,16). The second-order valence-corrected chi connectivity index (χ2v) is 3.64. The molecular formula is C12H6N4O. The first-order valence-electron chi connectivity index (χ1n) is 4.94. The van der Waals surface area contributed by atoms with Gasteiger partial charge in [-0.25, -0.2) is 9.97 Å². The summed E-state index contributed by atoms with van der Waals surface area (Å²) in [5.41, 5.74) is 7.53. The lowest BCUT2D eigenvalue weighted by Crippen LogP contribution is -2.05. The third-order valence-corrected chi connectivity index (χ3v) is 2.67. The summed E-state index contributed by atoms with van der Waals surface area (Å²) in [6.07, 6.45) is 0. The fourth-order valence-electron chi connectivity index (χ4n) is 1.89. The first kappa shape index (κ1) is 9.48. The van der Waals surface area contributed by atoms with E-state index in [1.165, 1.54) is 0 Å². The molecule has 5 heteroatoms. The van der Waals surface area contributed by atoms with Gasteiger partial charge in [0.15, 0.2) is 11.5 Å². The lowest BCUT2D eigenvalue weighted by molar-refractivity contribution is 0.103. The highest BCUT2D eigenvalue weighted by molar-refractivity contribution is 6.19. The highest BCUT2D eigenvalue weighted by Gasteiger charge is 2.30. The second kappa shape index (κ2) is 3.12. The predicted octanol–water partition coefficient (Wildman–Crippen LogP) is 1.14. The van der Waals surface area contributed by atoms with E-state index in [0.717, 1.165) is 5.56 Å². The fraction of sp³-hybridized carbons (Fsp3) is 0. The Bertz CT molecular complexity index is 700. The van der Waals surface area contributed by atoms with Crippen LogP contribution in [0.2, 0.25) is 0 Å². The number of fused-ring (bicyclic) bond motifs is 3. The molecule has 0 bridgehead atoms. The van der Waals surface area contributed by atoms with E-state index >= 15 is 0 Å². The summed E-state index contributed by atoms with van der Waals surface area (Å²) < 4.78 is 0. The van der Waals surface area contributed by atoms with Gasteiger partial charge in [0.1, 0.15) is 17.5 Å². The predicted molar refractivity (Wildman–Crippen MR) is 60.0 cm³/mol. The van der Waals surface area contributed by atoms with Crippen molar-refractivity contribution in [3.05, 3.63) is 41.2 Å². The molecule has 17 heavy (non-hydrogen) atoms. The third kappa shape index (κ3) is 1.15. The normalized spacial score (nSPS) is 11.8. The Morgan fingerprint density at radius 2 is 1.82 bits per heavy atom. The molecule has 0 aliphatic heterocycles. The summed E-state index contributed by atoms with van der Waals surface area (Å²) in [4.78, 5) is 20.1. The molecule has 3 rings (SSSR count). The number of carbonyl (C=O) groups is 1.